The fourth-order valence-corrected chi connectivity index (χ4v) is 1.71. The summed E-state index contributed by atoms with van der Waals surface area (Å²) in [6.45, 7) is 2.14. The second kappa shape index (κ2) is 8.23. The summed E-state index contributed by atoms with van der Waals surface area (Å²) in [6.07, 6.45) is -1.42. The van der Waals surface area contributed by atoms with Crippen molar-refractivity contribution < 1.29 is 18.3 Å². The third-order valence-corrected chi connectivity index (χ3v) is 2.66. The molecule has 0 saturated heterocycles. The minimum Gasteiger partial charge on any atom is -0.491 e. The van der Waals surface area contributed by atoms with Crippen LogP contribution in [0.15, 0.2) is 30.5 Å². The van der Waals surface area contributed by atoms with Crippen molar-refractivity contribution in [3.63, 3.8) is 0 Å². The highest BCUT2D eigenvalue weighted by molar-refractivity contribution is 6.03. The van der Waals surface area contributed by atoms with Gasteiger partial charge in [-0.15, -0.1) is 12.4 Å². The summed E-state index contributed by atoms with van der Waals surface area (Å²) in [5, 5.41) is 2.52. The number of alkyl halides is 2. The molecule has 2 heterocycles. The molecule has 2 rings (SSSR count). The molecule has 0 spiro atoms. The Labute approximate surface area is 137 Å². The SMILES string of the molecule is CCOc1cc(N)ncc1NC(=O)c1cccc(C(F)F)n1.Cl. The molecule has 0 aliphatic rings. The van der Waals surface area contributed by atoms with E-state index in [0.29, 0.717) is 12.4 Å². The van der Waals surface area contributed by atoms with Crippen molar-refractivity contribution in [2.75, 3.05) is 17.7 Å². The molecule has 0 atom stereocenters. The van der Waals surface area contributed by atoms with Crippen molar-refractivity contribution in [1.29, 1.82) is 0 Å². The Morgan fingerprint density at radius 1 is 1.43 bits per heavy atom. The van der Waals surface area contributed by atoms with E-state index in [1.54, 1.807) is 6.92 Å². The number of hydrogen-bond acceptors (Lipinski definition) is 5. The Balaban J connectivity index is 0.00000264. The standard InChI is InChI=1S/C14H14F2N4O2.ClH/c1-2-22-11-6-12(17)18-7-10(11)20-14(21)9-5-3-4-8(19-9)13(15)16;/h3-7,13H,2H2,1H3,(H2,17,18)(H,20,21);1H. The predicted octanol–water partition coefficient (Wildman–Crippen LogP) is 3.07. The molecule has 0 aliphatic carbocycles. The summed E-state index contributed by atoms with van der Waals surface area (Å²) in [7, 11) is 0. The van der Waals surface area contributed by atoms with E-state index in [9.17, 15) is 13.6 Å². The van der Waals surface area contributed by atoms with Crippen molar-refractivity contribution in [2.24, 2.45) is 0 Å². The first kappa shape index (κ1) is 18.6. The maximum absolute atomic E-state index is 12.6. The molecule has 6 nitrogen and oxygen atoms in total. The van der Waals surface area contributed by atoms with Crippen LogP contribution in [0.25, 0.3) is 0 Å². The van der Waals surface area contributed by atoms with Crippen molar-refractivity contribution in [3.05, 3.63) is 41.9 Å². The number of amides is 1. The van der Waals surface area contributed by atoms with Gasteiger partial charge < -0.3 is 15.8 Å². The number of carbonyl (C=O) groups is 1. The fraction of sp³-hybridized carbons (Fsp3) is 0.214. The molecule has 9 heteroatoms. The fourth-order valence-electron chi connectivity index (χ4n) is 1.71. The minimum atomic E-state index is -2.75. The van der Waals surface area contributed by atoms with E-state index in [2.05, 4.69) is 15.3 Å². The van der Waals surface area contributed by atoms with Crippen molar-refractivity contribution in [3.8, 4) is 5.75 Å². The molecule has 0 aliphatic heterocycles. The van der Waals surface area contributed by atoms with Crippen molar-refractivity contribution in [1.82, 2.24) is 9.97 Å². The van der Waals surface area contributed by atoms with Gasteiger partial charge in [0.05, 0.1) is 12.8 Å². The smallest absolute Gasteiger partial charge is 0.280 e. The molecule has 1 amide bonds. The number of carbonyl (C=O) groups excluding carboxylic acids is 1. The van der Waals surface area contributed by atoms with Gasteiger partial charge >= 0.3 is 0 Å². The largest absolute Gasteiger partial charge is 0.491 e. The molecule has 0 bridgehead atoms. The van der Waals surface area contributed by atoms with E-state index >= 15 is 0 Å². The van der Waals surface area contributed by atoms with E-state index in [0.717, 1.165) is 6.07 Å². The Hall–Kier alpha value is -2.48. The van der Waals surface area contributed by atoms with Crippen molar-refractivity contribution in [2.45, 2.75) is 13.3 Å². The van der Waals surface area contributed by atoms with Gasteiger partial charge in [0, 0.05) is 6.07 Å². The minimum absolute atomic E-state index is 0. The van der Waals surface area contributed by atoms with Crippen LogP contribution in [-0.4, -0.2) is 22.5 Å². The lowest BCUT2D eigenvalue weighted by Gasteiger charge is -2.11. The molecular weight excluding hydrogens is 330 g/mol. The molecule has 0 radical (unpaired) electrons. The molecule has 23 heavy (non-hydrogen) atoms. The number of hydrogen-bond donors (Lipinski definition) is 2. The normalized spacial score (nSPS) is 10.1. The number of nitrogen functional groups attached to an aromatic ring is 1. The van der Waals surface area contributed by atoms with Gasteiger partial charge in [0.25, 0.3) is 12.3 Å². The Morgan fingerprint density at radius 3 is 2.83 bits per heavy atom. The van der Waals surface area contributed by atoms with E-state index < -0.39 is 18.0 Å². The number of pyridine rings is 2. The summed E-state index contributed by atoms with van der Waals surface area (Å²) < 4.78 is 30.6. The van der Waals surface area contributed by atoms with Crippen LogP contribution in [0, 0.1) is 0 Å². The molecule has 3 N–H and O–H groups in total. The number of rotatable bonds is 5. The van der Waals surface area contributed by atoms with Crippen LogP contribution in [0.1, 0.15) is 29.5 Å². The van der Waals surface area contributed by atoms with Crippen LogP contribution in [0.5, 0.6) is 5.75 Å². The zero-order valence-corrected chi connectivity index (χ0v) is 12.9. The first-order valence-electron chi connectivity index (χ1n) is 6.46. The third-order valence-electron chi connectivity index (χ3n) is 2.66. The van der Waals surface area contributed by atoms with Crippen LogP contribution in [0.4, 0.5) is 20.3 Å². The highest BCUT2D eigenvalue weighted by Crippen LogP contribution is 2.26. The number of nitrogens with one attached hydrogen (secondary N) is 1. The molecule has 124 valence electrons. The van der Waals surface area contributed by atoms with Crippen LogP contribution in [0.2, 0.25) is 0 Å². The van der Waals surface area contributed by atoms with Gasteiger partial charge in [-0.3, -0.25) is 4.79 Å². The Morgan fingerprint density at radius 2 is 2.17 bits per heavy atom. The van der Waals surface area contributed by atoms with Gasteiger partial charge in [-0.25, -0.2) is 18.7 Å². The summed E-state index contributed by atoms with van der Waals surface area (Å²) in [5.41, 5.74) is 5.24. The number of nitrogens with zero attached hydrogens (tertiary/aromatic N) is 2. The lowest BCUT2D eigenvalue weighted by Crippen LogP contribution is -2.15. The summed E-state index contributed by atoms with van der Waals surface area (Å²) in [4.78, 5) is 19.6. The average Bonchev–Trinajstić information content (AvgIpc) is 2.50. The van der Waals surface area contributed by atoms with Crippen molar-refractivity contribution >= 4 is 29.8 Å². The zero-order chi connectivity index (χ0) is 16.1. The zero-order valence-electron chi connectivity index (χ0n) is 12.1. The van der Waals surface area contributed by atoms with Crippen LogP contribution < -0.4 is 15.8 Å². The van der Waals surface area contributed by atoms with Gasteiger partial charge in [0.1, 0.15) is 28.6 Å². The highest BCUT2D eigenvalue weighted by Gasteiger charge is 2.15. The molecule has 0 fully saturated rings. The number of aromatic nitrogens is 2. The Kier molecular flexibility index (Phi) is 6.65. The third kappa shape index (κ3) is 4.75. The first-order chi connectivity index (χ1) is 10.5. The average molecular weight is 345 g/mol. The van der Waals surface area contributed by atoms with Crippen LogP contribution in [-0.2, 0) is 0 Å². The second-order valence-corrected chi connectivity index (χ2v) is 4.24. The number of nitrogens with two attached hydrogens (primary N) is 1. The quantitative estimate of drug-likeness (QED) is 0.870. The van der Waals surface area contributed by atoms with Gasteiger partial charge in [-0.2, -0.15) is 0 Å². The van der Waals surface area contributed by atoms with Gasteiger partial charge in [-0.05, 0) is 19.1 Å². The molecule has 0 saturated carbocycles. The predicted molar refractivity (Wildman–Crippen MR) is 84.2 cm³/mol. The van der Waals surface area contributed by atoms with Gasteiger partial charge in [0.15, 0.2) is 0 Å². The monoisotopic (exact) mass is 344 g/mol. The van der Waals surface area contributed by atoms with Crippen LogP contribution in [0.3, 0.4) is 0 Å². The lowest BCUT2D eigenvalue weighted by molar-refractivity contribution is 0.101. The topological polar surface area (TPSA) is 90.1 Å². The number of halogens is 3. The molecule has 0 unspecified atom stereocenters. The summed E-state index contributed by atoms with van der Waals surface area (Å²) in [5.74, 6) is -0.0670. The second-order valence-electron chi connectivity index (χ2n) is 4.24. The first-order valence-corrected chi connectivity index (χ1v) is 6.46. The van der Waals surface area contributed by atoms with E-state index in [4.69, 9.17) is 10.5 Å². The van der Waals surface area contributed by atoms with Crippen LogP contribution >= 0.6 is 12.4 Å². The molecular formula is C14H15ClF2N4O2. The maximum Gasteiger partial charge on any atom is 0.280 e. The molecule has 2 aromatic heterocycles. The van der Waals surface area contributed by atoms with E-state index in [1.165, 1.54) is 24.4 Å². The maximum atomic E-state index is 12.6. The molecule has 2 aromatic rings. The highest BCUT2D eigenvalue weighted by atomic mass is 35.5. The van der Waals surface area contributed by atoms with E-state index in [1.807, 2.05) is 0 Å². The number of anilines is 2. The van der Waals surface area contributed by atoms with Gasteiger partial charge in [0.2, 0.25) is 0 Å². The van der Waals surface area contributed by atoms with Gasteiger partial charge in [-0.1, -0.05) is 6.07 Å². The lowest BCUT2D eigenvalue weighted by atomic mass is 10.2. The summed E-state index contributed by atoms with van der Waals surface area (Å²) >= 11 is 0. The molecule has 0 aromatic carbocycles. The Bertz CT molecular complexity index is 686. The summed E-state index contributed by atoms with van der Waals surface area (Å²) in [6, 6.07) is 5.29. The van der Waals surface area contributed by atoms with E-state index in [-0.39, 0.29) is 29.6 Å². The number of ether oxygens (including phenoxy) is 1.